The Morgan fingerprint density at radius 3 is 1.41 bits per heavy atom. The highest BCUT2D eigenvalue weighted by Gasteiger charge is 2.30. The lowest BCUT2D eigenvalue weighted by molar-refractivity contribution is -0.870. The van der Waals surface area contributed by atoms with Crippen molar-refractivity contribution < 1.29 is 37.3 Å². The fourth-order valence-corrected chi connectivity index (χ4v) is 9.33. The molecule has 0 aliphatic carbocycles. The predicted molar refractivity (Wildman–Crippen MR) is 323 cm³/mol. The molecule has 75 heavy (non-hydrogen) atoms. The molecule has 0 bridgehead atoms. The zero-order chi connectivity index (χ0) is 55.0. The van der Waals surface area contributed by atoms with E-state index in [4.69, 9.17) is 13.8 Å². The van der Waals surface area contributed by atoms with Crippen LogP contribution in [0.15, 0.2) is 85.1 Å². The third-order valence-corrected chi connectivity index (χ3v) is 14.4. The van der Waals surface area contributed by atoms with Crippen LogP contribution in [-0.4, -0.2) is 74.3 Å². The first-order valence-electron chi connectivity index (χ1n) is 30.9. The number of rotatable bonds is 55. The number of esters is 1. The van der Waals surface area contributed by atoms with Crippen LogP contribution in [0.5, 0.6) is 0 Å². The number of unbranched alkanes of at least 4 members (excludes halogenated alkanes) is 29. The van der Waals surface area contributed by atoms with Gasteiger partial charge in [0.2, 0.25) is 5.91 Å². The number of nitrogens with zero attached hydrogens (tertiary/aromatic N) is 1. The Hall–Kier alpha value is -2.81. The number of carbonyl (C=O) groups is 2. The Balaban J connectivity index is 5.10. The molecule has 0 aliphatic heterocycles. The summed E-state index contributed by atoms with van der Waals surface area (Å²) < 4.78 is 30.6. The van der Waals surface area contributed by atoms with Gasteiger partial charge in [-0.2, -0.15) is 0 Å². The number of phosphoric ester groups is 1. The van der Waals surface area contributed by atoms with Crippen LogP contribution in [0.1, 0.15) is 265 Å². The summed E-state index contributed by atoms with van der Waals surface area (Å²) in [4.78, 5) is 37.6. The van der Waals surface area contributed by atoms with Crippen molar-refractivity contribution in [2.24, 2.45) is 0 Å². The first-order chi connectivity index (χ1) is 36.4. The molecule has 0 aliphatic rings. The summed E-state index contributed by atoms with van der Waals surface area (Å²) in [6, 6.07) is -0.860. The standard InChI is InChI=1S/C65H117N2O7P/c1-7-10-13-16-19-22-25-27-28-29-30-31-32-33-34-35-36-37-38-40-42-45-48-51-54-57-64(68)66-62(61-73-75(70,71)72-60-59-67(4,5)6)63(56-53-50-47-44-41-24-21-18-15-12-9-3)74-65(69)58-55-52-49-46-43-39-26-23-20-17-14-11-8-2/h11,14,17,19-20,22-23,26-28,30-31,53,56,62-63H,7-10,12-13,15-16,18,21,24-25,29,32-52,54-55,57-61H2,1-6H3,(H-,66,68,70,71)/p+1/b14-11+,20-17+,22-19-,26-23-,28-27-,31-30-,56-53-. The van der Waals surface area contributed by atoms with Gasteiger partial charge in [0.05, 0.1) is 33.8 Å². The molecule has 10 heteroatoms. The molecule has 3 unspecified atom stereocenters. The molecule has 0 aromatic rings. The first-order valence-corrected chi connectivity index (χ1v) is 32.4. The zero-order valence-electron chi connectivity index (χ0n) is 49.5. The maximum absolute atomic E-state index is 13.5. The molecule has 0 fully saturated rings. The second-order valence-corrected chi connectivity index (χ2v) is 23.4. The van der Waals surface area contributed by atoms with E-state index in [9.17, 15) is 19.0 Å². The van der Waals surface area contributed by atoms with Crippen molar-refractivity contribution in [3.8, 4) is 0 Å². The van der Waals surface area contributed by atoms with E-state index in [1.165, 1.54) is 135 Å². The molecule has 0 rings (SSSR count). The predicted octanol–water partition coefficient (Wildman–Crippen LogP) is 19.0. The molecule has 2 N–H and O–H groups in total. The van der Waals surface area contributed by atoms with Crippen molar-refractivity contribution in [2.45, 2.75) is 277 Å². The number of amides is 1. The van der Waals surface area contributed by atoms with Crippen molar-refractivity contribution in [1.29, 1.82) is 0 Å². The fraction of sp³-hybridized carbons (Fsp3) is 0.754. The number of ether oxygens (including phenoxy) is 1. The number of phosphoric acid groups is 1. The molecule has 3 atom stereocenters. The van der Waals surface area contributed by atoms with E-state index in [1.807, 2.05) is 33.3 Å². The van der Waals surface area contributed by atoms with E-state index in [0.29, 0.717) is 23.9 Å². The monoisotopic (exact) mass is 1070 g/mol. The summed E-state index contributed by atoms with van der Waals surface area (Å²) in [7, 11) is 1.48. The molecule has 0 spiro atoms. The minimum absolute atomic E-state index is 0.0332. The number of hydrogen-bond donors (Lipinski definition) is 2. The third-order valence-electron chi connectivity index (χ3n) is 13.4. The van der Waals surface area contributed by atoms with Gasteiger partial charge in [0.1, 0.15) is 19.3 Å². The van der Waals surface area contributed by atoms with Crippen LogP contribution in [0, 0.1) is 0 Å². The molecule has 434 valence electrons. The lowest BCUT2D eigenvalue weighted by atomic mass is 10.0. The molecule has 0 aromatic heterocycles. The highest BCUT2D eigenvalue weighted by Crippen LogP contribution is 2.43. The van der Waals surface area contributed by atoms with Gasteiger partial charge in [-0.1, -0.05) is 247 Å². The van der Waals surface area contributed by atoms with Crippen molar-refractivity contribution >= 4 is 19.7 Å². The number of quaternary nitrogens is 1. The van der Waals surface area contributed by atoms with Crippen molar-refractivity contribution in [3.63, 3.8) is 0 Å². The second-order valence-electron chi connectivity index (χ2n) is 21.9. The van der Waals surface area contributed by atoms with Crippen LogP contribution < -0.4 is 5.32 Å². The minimum atomic E-state index is -4.45. The summed E-state index contributed by atoms with van der Waals surface area (Å²) in [6.07, 6.45) is 71.6. The van der Waals surface area contributed by atoms with Crippen LogP contribution in [0.4, 0.5) is 0 Å². The van der Waals surface area contributed by atoms with E-state index >= 15 is 0 Å². The lowest BCUT2D eigenvalue weighted by Gasteiger charge is -2.27. The maximum Gasteiger partial charge on any atom is 0.472 e. The maximum atomic E-state index is 13.5. The Morgan fingerprint density at radius 1 is 0.493 bits per heavy atom. The van der Waals surface area contributed by atoms with E-state index in [-0.39, 0.29) is 31.5 Å². The molecular weight excluding hydrogens is 952 g/mol. The van der Waals surface area contributed by atoms with Crippen LogP contribution in [-0.2, 0) is 27.9 Å². The highest BCUT2D eigenvalue weighted by molar-refractivity contribution is 7.47. The Kier molecular flexibility index (Phi) is 52.5. The van der Waals surface area contributed by atoms with Crippen LogP contribution >= 0.6 is 7.82 Å². The Morgan fingerprint density at radius 2 is 0.907 bits per heavy atom. The summed E-state index contributed by atoms with van der Waals surface area (Å²) in [5.41, 5.74) is 0. The van der Waals surface area contributed by atoms with Gasteiger partial charge in [0.25, 0.3) is 0 Å². The van der Waals surface area contributed by atoms with Gasteiger partial charge in [0.15, 0.2) is 0 Å². The normalized spacial score (nSPS) is 14.3. The van der Waals surface area contributed by atoms with E-state index in [0.717, 1.165) is 89.9 Å². The second kappa shape index (κ2) is 54.5. The van der Waals surface area contributed by atoms with Crippen LogP contribution in [0.25, 0.3) is 0 Å². The Bertz CT molecular complexity index is 1560. The lowest BCUT2D eigenvalue weighted by Crippen LogP contribution is -2.47. The van der Waals surface area contributed by atoms with Gasteiger partial charge in [-0.15, -0.1) is 0 Å². The third kappa shape index (κ3) is 55.7. The summed E-state index contributed by atoms with van der Waals surface area (Å²) in [6.45, 7) is 6.83. The van der Waals surface area contributed by atoms with Gasteiger partial charge >= 0.3 is 13.8 Å². The number of hydrogen-bond acceptors (Lipinski definition) is 6. The molecule has 0 radical (unpaired) electrons. The van der Waals surface area contributed by atoms with Crippen molar-refractivity contribution in [2.75, 3.05) is 40.9 Å². The number of likely N-dealkylation sites (N-methyl/N-ethyl adjacent to an activating group) is 1. The largest absolute Gasteiger partial charge is 0.472 e. The van der Waals surface area contributed by atoms with Crippen molar-refractivity contribution in [1.82, 2.24) is 5.32 Å². The average molecular weight is 1070 g/mol. The average Bonchev–Trinajstić information content (AvgIpc) is 3.37. The Labute approximate surface area is 463 Å². The number of allylic oxidation sites excluding steroid dienone is 13. The number of carbonyl (C=O) groups excluding carboxylic acids is 2. The van der Waals surface area contributed by atoms with E-state index in [1.54, 1.807) is 0 Å². The SMILES string of the molecule is CC/C=C/C=C/C=C\CCCCCCCC(=O)OC(/C=C\CCCCCCCCCCC)C(COP(=O)(O)OCC[N+](C)(C)C)NC(=O)CCCCCCCCCCCCCC/C=C\C/C=C\C/C=C\CCCCC. The summed E-state index contributed by atoms with van der Waals surface area (Å²) >= 11 is 0. The molecule has 0 aromatic carbocycles. The van der Waals surface area contributed by atoms with Gasteiger partial charge in [-0.25, -0.2) is 4.57 Å². The first kappa shape index (κ1) is 72.2. The fourth-order valence-electron chi connectivity index (χ4n) is 8.59. The molecule has 0 saturated carbocycles. The van der Waals surface area contributed by atoms with Gasteiger partial charge < -0.3 is 19.4 Å². The van der Waals surface area contributed by atoms with E-state index < -0.39 is 20.0 Å². The molecule has 1 amide bonds. The molecule has 0 saturated heterocycles. The summed E-state index contributed by atoms with van der Waals surface area (Å²) in [5.74, 6) is -0.533. The molecular formula is C65H118N2O7P+. The summed E-state index contributed by atoms with van der Waals surface area (Å²) in [5, 5.41) is 3.05. The number of nitrogens with one attached hydrogen (secondary N) is 1. The van der Waals surface area contributed by atoms with Crippen LogP contribution in [0.2, 0.25) is 0 Å². The highest BCUT2D eigenvalue weighted by atomic mass is 31.2. The van der Waals surface area contributed by atoms with E-state index in [2.05, 4.69) is 99.0 Å². The molecule has 0 heterocycles. The van der Waals surface area contributed by atoms with Crippen molar-refractivity contribution in [3.05, 3.63) is 85.1 Å². The van der Waals surface area contributed by atoms with Gasteiger partial charge in [-0.3, -0.25) is 18.6 Å². The smallest absolute Gasteiger partial charge is 0.456 e. The van der Waals surface area contributed by atoms with Crippen LogP contribution in [0.3, 0.4) is 0 Å². The van der Waals surface area contributed by atoms with Gasteiger partial charge in [0, 0.05) is 12.8 Å². The zero-order valence-corrected chi connectivity index (χ0v) is 50.4. The quantitative estimate of drug-likeness (QED) is 0.0156. The topological polar surface area (TPSA) is 111 Å². The molecule has 9 nitrogen and oxygen atoms in total. The minimum Gasteiger partial charge on any atom is -0.456 e. The van der Waals surface area contributed by atoms with Gasteiger partial charge in [-0.05, 0) is 89.5 Å².